The number of rotatable bonds is 4. The molecule has 0 amide bonds. The molecule has 104 valence electrons. The number of nitrogens with one attached hydrogen (secondary N) is 1. The normalized spacial score (nSPS) is 9.25. The van der Waals surface area contributed by atoms with Crippen LogP contribution in [0.4, 0.5) is 0 Å². The predicted molar refractivity (Wildman–Crippen MR) is 82.6 cm³/mol. The Bertz CT molecular complexity index is 628. The first-order valence-electron chi connectivity index (χ1n) is 5.66. The quantitative estimate of drug-likeness (QED) is 0.408. The van der Waals surface area contributed by atoms with Gasteiger partial charge in [0.2, 0.25) is 0 Å². The lowest BCUT2D eigenvalue weighted by molar-refractivity contribution is 0.112. The van der Waals surface area contributed by atoms with E-state index >= 15 is 0 Å². The lowest BCUT2D eigenvalue weighted by Gasteiger charge is -1.94. The summed E-state index contributed by atoms with van der Waals surface area (Å²) in [5.41, 5.74) is 0.234. The number of aromatic nitrogens is 2. The fourth-order valence-corrected chi connectivity index (χ4v) is 1.95. The molecule has 0 aliphatic carbocycles. The fourth-order valence-electron chi connectivity index (χ4n) is 1.16. The summed E-state index contributed by atoms with van der Waals surface area (Å²) in [4.78, 5) is 26.9. The van der Waals surface area contributed by atoms with Crippen molar-refractivity contribution in [3.8, 4) is 0 Å². The van der Waals surface area contributed by atoms with E-state index in [1.807, 2.05) is 0 Å². The maximum Gasteiger partial charge on any atom is 0.345 e. The van der Waals surface area contributed by atoms with Gasteiger partial charge in [-0.15, -0.1) is 18.3 Å². The predicted octanol–water partition coefficient (Wildman–Crippen LogP) is 3.20. The van der Waals surface area contributed by atoms with Crippen molar-refractivity contribution in [2.45, 2.75) is 5.03 Å². The number of halogens is 1. The zero-order chi connectivity index (χ0) is 14.8. The van der Waals surface area contributed by atoms with Crippen LogP contribution >= 0.6 is 23.4 Å². The van der Waals surface area contributed by atoms with Gasteiger partial charge in [0.1, 0.15) is 0 Å². The monoisotopic (exact) mass is 308 g/mol. The van der Waals surface area contributed by atoms with Crippen molar-refractivity contribution in [1.82, 2.24) is 9.97 Å². The molecule has 0 bridgehead atoms. The standard InChI is InChI=1S/C7H5ClO.C7H8N2OS/c8-7-4-2-1-3-6(7)5-9;1-2-5-11-6-3-4-8-7(10)9-6/h1-5H;2-4H,1,5H2,(H,8,9,10). The molecular weight excluding hydrogens is 296 g/mol. The third-order valence-corrected chi connectivity index (χ3v) is 3.33. The second-order valence-electron chi connectivity index (χ2n) is 3.48. The Hall–Kier alpha value is -1.85. The van der Waals surface area contributed by atoms with Crippen molar-refractivity contribution in [3.63, 3.8) is 0 Å². The zero-order valence-electron chi connectivity index (χ0n) is 10.6. The van der Waals surface area contributed by atoms with Crippen LogP contribution < -0.4 is 5.69 Å². The first-order chi connectivity index (χ1) is 9.67. The van der Waals surface area contributed by atoms with E-state index in [2.05, 4.69) is 16.5 Å². The summed E-state index contributed by atoms with van der Waals surface area (Å²) < 4.78 is 0. The average molecular weight is 309 g/mol. The second kappa shape index (κ2) is 9.12. The number of carbonyl (C=O) groups is 1. The Labute approximate surface area is 125 Å². The summed E-state index contributed by atoms with van der Waals surface area (Å²) in [6, 6.07) is 8.68. The van der Waals surface area contributed by atoms with Crippen LogP contribution in [0.25, 0.3) is 0 Å². The Kier molecular flexibility index (Phi) is 7.39. The molecule has 1 N–H and O–H groups in total. The fraction of sp³-hybridized carbons (Fsp3) is 0.0714. The third-order valence-electron chi connectivity index (χ3n) is 2.04. The minimum absolute atomic E-state index is 0.306. The Morgan fingerprint density at radius 3 is 2.65 bits per heavy atom. The molecule has 0 aliphatic rings. The molecule has 2 rings (SSSR count). The van der Waals surface area contributed by atoms with Gasteiger partial charge < -0.3 is 4.98 Å². The summed E-state index contributed by atoms with van der Waals surface area (Å²) in [5.74, 6) is 0.792. The lowest BCUT2D eigenvalue weighted by atomic mass is 10.2. The Morgan fingerprint density at radius 2 is 2.10 bits per heavy atom. The molecule has 0 saturated heterocycles. The highest BCUT2D eigenvalue weighted by Gasteiger charge is 1.92. The molecule has 0 spiro atoms. The number of carbonyl (C=O) groups excluding carboxylic acids is 1. The van der Waals surface area contributed by atoms with Crippen LogP contribution in [0, 0.1) is 0 Å². The topological polar surface area (TPSA) is 62.8 Å². The molecule has 20 heavy (non-hydrogen) atoms. The molecular formula is C14H13ClN2O2S. The first-order valence-corrected chi connectivity index (χ1v) is 7.02. The van der Waals surface area contributed by atoms with Crippen molar-refractivity contribution in [1.29, 1.82) is 0 Å². The van der Waals surface area contributed by atoms with Gasteiger partial charge in [0.25, 0.3) is 0 Å². The van der Waals surface area contributed by atoms with Crippen molar-refractivity contribution >= 4 is 29.6 Å². The van der Waals surface area contributed by atoms with Gasteiger partial charge in [0.15, 0.2) is 6.29 Å². The molecule has 1 aromatic heterocycles. The molecule has 2 aromatic rings. The Balaban J connectivity index is 0.000000204. The van der Waals surface area contributed by atoms with Gasteiger partial charge >= 0.3 is 5.69 Å². The van der Waals surface area contributed by atoms with E-state index in [9.17, 15) is 9.59 Å². The number of thioether (sulfide) groups is 1. The number of nitrogens with zero attached hydrogens (tertiary/aromatic N) is 1. The smallest absolute Gasteiger partial charge is 0.300 e. The minimum atomic E-state index is -0.306. The maximum atomic E-state index is 10.6. The maximum absolute atomic E-state index is 10.6. The van der Waals surface area contributed by atoms with Crippen LogP contribution in [-0.4, -0.2) is 22.0 Å². The lowest BCUT2D eigenvalue weighted by Crippen LogP contribution is -2.08. The molecule has 0 radical (unpaired) electrons. The van der Waals surface area contributed by atoms with Gasteiger partial charge in [-0.1, -0.05) is 35.9 Å². The van der Waals surface area contributed by atoms with Gasteiger partial charge in [-0.3, -0.25) is 4.79 Å². The van der Waals surface area contributed by atoms with E-state index in [1.165, 1.54) is 18.0 Å². The summed E-state index contributed by atoms with van der Waals surface area (Å²) in [5, 5.41) is 1.33. The highest BCUT2D eigenvalue weighted by molar-refractivity contribution is 7.99. The molecule has 0 aliphatic heterocycles. The van der Waals surface area contributed by atoms with Crippen LogP contribution in [0.3, 0.4) is 0 Å². The van der Waals surface area contributed by atoms with Crippen LogP contribution in [0.5, 0.6) is 0 Å². The largest absolute Gasteiger partial charge is 0.345 e. The molecule has 1 aromatic carbocycles. The number of H-pyrrole nitrogens is 1. The summed E-state index contributed by atoms with van der Waals surface area (Å²) in [6.45, 7) is 3.57. The summed E-state index contributed by atoms with van der Waals surface area (Å²) in [6.07, 6.45) is 4.01. The van der Waals surface area contributed by atoms with Crippen LogP contribution in [0.2, 0.25) is 5.02 Å². The van der Waals surface area contributed by atoms with Gasteiger partial charge in [0.05, 0.1) is 10.0 Å². The average Bonchev–Trinajstić information content (AvgIpc) is 2.46. The number of aromatic amines is 1. The molecule has 4 nitrogen and oxygen atoms in total. The zero-order valence-corrected chi connectivity index (χ0v) is 12.2. The van der Waals surface area contributed by atoms with Gasteiger partial charge in [-0.2, -0.15) is 0 Å². The van der Waals surface area contributed by atoms with Crippen LogP contribution in [0.1, 0.15) is 10.4 Å². The number of hydrogen-bond donors (Lipinski definition) is 1. The molecule has 0 saturated carbocycles. The number of benzene rings is 1. The molecule has 0 fully saturated rings. The highest BCUT2D eigenvalue weighted by Crippen LogP contribution is 2.11. The van der Waals surface area contributed by atoms with Gasteiger partial charge in [0, 0.05) is 17.5 Å². The van der Waals surface area contributed by atoms with E-state index in [4.69, 9.17) is 11.6 Å². The van der Waals surface area contributed by atoms with E-state index in [-0.39, 0.29) is 5.69 Å². The van der Waals surface area contributed by atoms with Crippen LogP contribution in [-0.2, 0) is 0 Å². The van der Waals surface area contributed by atoms with Crippen LogP contribution in [0.15, 0.2) is 59.0 Å². The van der Waals surface area contributed by atoms with Crippen molar-refractivity contribution < 1.29 is 4.79 Å². The number of hydrogen-bond acceptors (Lipinski definition) is 4. The molecule has 0 unspecified atom stereocenters. The minimum Gasteiger partial charge on any atom is -0.300 e. The SMILES string of the molecule is C=CCSc1ccnc(=O)[nH]1.O=Cc1ccccc1Cl. The summed E-state index contributed by atoms with van der Waals surface area (Å²) in [7, 11) is 0. The Morgan fingerprint density at radius 1 is 1.35 bits per heavy atom. The second-order valence-corrected chi connectivity index (χ2v) is 4.95. The van der Waals surface area contributed by atoms with Gasteiger partial charge in [-0.25, -0.2) is 9.78 Å². The van der Waals surface area contributed by atoms with Crippen molar-refractivity contribution in [2.75, 3.05) is 5.75 Å². The van der Waals surface area contributed by atoms with E-state index in [0.717, 1.165) is 17.1 Å². The molecule has 0 atom stereocenters. The van der Waals surface area contributed by atoms with E-state index in [0.29, 0.717) is 10.6 Å². The first kappa shape index (κ1) is 16.2. The van der Waals surface area contributed by atoms with E-state index in [1.54, 1.807) is 36.4 Å². The summed E-state index contributed by atoms with van der Waals surface area (Å²) >= 11 is 7.11. The third kappa shape index (κ3) is 5.86. The van der Waals surface area contributed by atoms with Gasteiger partial charge in [-0.05, 0) is 12.1 Å². The van der Waals surface area contributed by atoms with Crippen molar-refractivity contribution in [2.24, 2.45) is 0 Å². The molecule has 1 heterocycles. The van der Waals surface area contributed by atoms with Crippen molar-refractivity contribution in [3.05, 3.63) is 70.3 Å². The molecule has 6 heteroatoms. The number of aldehydes is 1. The highest BCUT2D eigenvalue weighted by atomic mass is 35.5. The van der Waals surface area contributed by atoms with E-state index < -0.39 is 0 Å².